The lowest BCUT2D eigenvalue weighted by atomic mass is 10.1. The molecule has 0 saturated heterocycles. The molecule has 0 aliphatic heterocycles. The second kappa shape index (κ2) is 6.03. The van der Waals surface area contributed by atoms with Crippen molar-refractivity contribution in [1.82, 2.24) is 4.90 Å². The van der Waals surface area contributed by atoms with Gasteiger partial charge in [-0.15, -0.1) is 0 Å². The zero-order valence-electron chi connectivity index (χ0n) is 9.67. The number of rotatable bonds is 4. The maximum atomic E-state index is 12.1. The van der Waals surface area contributed by atoms with E-state index in [2.05, 4.69) is 0 Å². The molecule has 0 atom stereocenters. The predicted octanol–water partition coefficient (Wildman–Crippen LogP) is 3.29. The van der Waals surface area contributed by atoms with Gasteiger partial charge in [-0.05, 0) is 26.0 Å². The lowest BCUT2D eigenvalue weighted by molar-refractivity contribution is 0.0770. The highest BCUT2D eigenvalue weighted by atomic mass is 35.5. The number of carbonyl (C=O) groups excluding carboxylic acids is 2. The third kappa shape index (κ3) is 2.99. The van der Waals surface area contributed by atoms with Crippen LogP contribution in [0.4, 0.5) is 0 Å². The third-order valence-electron chi connectivity index (χ3n) is 2.49. The van der Waals surface area contributed by atoms with Gasteiger partial charge in [-0.2, -0.15) is 0 Å². The zero-order chi connectivity index (χ0) is 13.0. The van der Waals surface area contributed by atoms with Crippen LogP contribution in [0.1, 0.15) is 34.6 Å². The molecule has 1 rings (SSSR count). The number of aldehydes is 1. The highest BCUT2D eigenvalue weighted by molar-refractivity contribution is 6.37. The summed E-state index contributed by atoms with van der Waals surface area (Å²) in [6, 6.07) is 2.92. The standard InChI is InChI=1S/C12H13Cl2NO2/c1-3-15(4-2)12(17)9-5-8(13)6-11(14)10(9)7-16/h5-7H,3-4H2,1-2H3. The van der Waals surface area contributed by atoms with E-state index in [1.807, 2.05) is 13.8 Å². The number of hydrogen-bond acceptors (Lipinski definition) is 2. The van der Waals surface area contributed by atoms with Gasteiger partial charge < -0.3 is 4.90 Å². The Morgan fingerprint density at radius 1 is 1.29 bits per heavy atom. The summed E-state index contributed by atoms with van der Waals surface area (Å²) >= 11 is 11.7. The molecule has 0 aliphatic rings. The van der Waals surface area contributed by atoms with Crippen molar-refractivity contribution in [2.75, 3.05) is 13.1 Å². The van der Waals surface area contributed by atoms with Gasteiger partial charge in [0.2, 0.25) is 0 Å². The monoisotopic (exact) mass is 273 g/mol. The van der Waals surface area contributed by atoms with Crippen LogP contribution in [-0.2, 0) is 0 Å². The van der Waals surface area contributed by atoms with E-state index in [0.717, 1.165) is 0 Å². The number of halogens is 2. The van der Waals surface area contributed by atoms with Crippen LogP contribution < -0.4 is 0 Å². The summed E-state index contributed by atoms with van der Waals surface area (Å²) in [5.41, 5.74) is 0.439. The topological polar surface area (TPSA) is 37.4 Å². The van der Waals surface area contributed by atoms with Gasteiger partial charge in [-0.3, -0.25) is 9.59 Å². The Kier molecular flexibility index (Phi) is 4.97. The Morgan fingerprint density at radius 3 is 2.35 bits per heavy atom. The maximum Gasteiger partial charge on any atom is 0.254 e. The SMILES string of the molecule is CCN(CC)C(=O)c1cc(Cl)cc(Cl)c1C=O. The Morgan fingerprint density at radius 2 is 1.88 bits per heavy atom. The van der Waals surface area contributed by atoms with E-state index in [1.165, 1.54) is 12.1 Å². The summed E-state index contributed by atoms with van der Waals surface area (Å²) in [6.45, 7) is 4.87. The summed E-state index contributed by atoms with van der Waals surface area (Å²) in [5, 5.41) is 0.541. The Bertz CT molecular complexity index is 442. The fourth-order valence-corrected chi connectivity index (χ4v) is 2.10. The van der Waals surface area contributed by atoms with Crippen molar-refractivity contribution in [2.45, 2.75) is 13.8 Å². The van der Waals surface area contributed by atoms with Crippen molar-refractivity contribution >= 4 is 35.4 Å². The van der Waals surface area contributed by atoms with Crippen molar-refractivity contribution < 1.29 is 9.59 Å². The number of benzene rings is 1. The molecule has 0 spiro atoms. The number of hydrogen-bond donors (Lipinski definition) is 0. The van der Waals surface area contributed by atoms with Crippen molar-refractivity contribution in [2.24, 2.45) is 0 Å². The number of carbonyl (C=O) groups is 2. The molecule has 0 aliphatic carbocycles. The molecule has 1 aromatic carbocycles. The van der Waals surface area contributed by atoms with Crippen molar-refractivity contribution in [3.8, 4) is 0 Å². The van der Waals surface area contributed by atoms with E-state index in [9.17, 15) is 9.59 Å². The molecule has 0 radical (unpaired) electrons. The van der Waals surface area contributed by atoms with E-state index in [1.54, 1.807) is 4.90 Å². The molecule has 0 N–H and O–H groups in total. The van der Waals surface area contributed by atoms with Gasteiger partial charge in [0.05, 0.1) is 10.6 Å². The van der Waals surface area contributed by atoms with Crippen LogP contribution in [0, 0.1) is 0 Å². The van der Waals surface area contributed by atoms with Crippen LogP contribution in [0.3, 0.4) is 0 Å². The van der Waals surface area contributed by atoms with Gasteiger partial charge in [0, 0.05) is 23.7 Å². The van der Waals surface area contributed by atoms with Gasteiger partial charge in [-0.1, -0.05) is 23.2 Å². The minimum absolute atomic E-state index is 0.188. The first kappa shape index (κ1) is 14.0. The number of nitrogens with zero attached hydrogens (tertiary/aromatic N) is 1. The molecule has 0 saturated carbocycles. The quantitative estimate of drug-likeness (QED) is 0.790. The van der Waals surface area contributed by atoms with Crippen LogP contribution >= 0.6 is 23.2 Å². The lowest BCUT2D eigenvalue weighted by Crippen LogP contribution is -2.31. The van der Waals surface area contributed by atoms with E-state index in [4.69, 9.17) is 23.2 Å². The van der Waals surface area contributed by atoms with Gasteiger partial charge in [0.1, 0.15) is 0 Å². The minimum atomic E-state index is -0.235. The lowest BCUT2D eigenvalue weighted by Gasteiger charge is -2.19. The summed E-state index contributed by atoms with van der Waals surface area (Å²) in [4.78, 5) is 24.7. The van der Waals surface area contributed by atoms with Crippen molar-refractivity contribution in [1.29, 1.82) is 0 Å². The van der Waals surface area contributed by atoms with Crippen LogP contribution in [0.25, 0.3) is 0 Å². The predicted molar refractivity (Wildman–Crippen MR) is 69.1 cm³/mol. The van der Waals surface area contributed by atoms with E-state index in [-0.39, 0.29) is 22.1 Å². The zero-order valence-corrected chi connectivity index (χ0v) is 11.2. The molecule has 0 aromatic heterocycles. The second-order valence-electron chi connectivity index (χ2n) is 3.44. The average molecular weight is 274 g/mol. The third-order valence-corrected chi connectivity index (χ3v) is 3.02. The van der Waals surface area contributed by atoms with Crippen LogP contribution in [0.15, 0.2) is 12.1 Å². The fraction of sp³-hybridized carbons (Fsp3) is 0.333. The molecule has 0 fully saturated rings. The summed E-state index contributed by atoms with van der Waals surface area (Å²) in [5.74, 6) is -0.235. The molecule has 0 heterocycles. The first-order valence-corrected chi connectivity index (χ1v) is 6.04. The summed E-state index contributed by atoms with van der Waals surface area (Å²) < 4.78 is 0. The molecule has 92 valence electrons. The molecule has 0 bridgehead atoms. The average Bonchev–Trinajstić information content (AvgIpc) is 2.29. The normalized spacial score (nSPS) is 10.1. The largest absolute Gasteiger partial charge is 0.339 e. The van der Waals surface area contributed by atoms with Crippen molar-refractivity contribution in [3.05, 3.63) is 33.3 Å². The molecule has 1 amide bonds. The summed E-state index contributed by atoms with van der Waals surface area (Å²) in [7, 11) is 0. The van der Waals surface area contributed by atoms with Crippen LogP contribution in [0.2, 0.25) is 10.0 Å². The molecule has 1 aromatic rings. The Balaban J connectivity index is 3.29. The molecule has 5 heteroatoms. The van der Waals surface area contributed by atoms with Crippen molar-refractivity contribution in [3.63, 3.8) is 0 Å². The van der Waals surface area contributed by atoms with Gasteiger partial charge in [-0.25, -0.2) is 0 Å². The van der Waals surface area contributed by atoms with Gasteiger partial charge >= 0.3 is 0 Å². The highest BCUT2D eigenvalue weighted by Crippen LogP contribution is 2.25. The molecule has 3 nitrogen and oxygen atoms in total. The smallest absolute Gasteiger partial charge is 0.254 e. The fourth-order valence-electron chi connectivity index (χ4n) is 1.56. The molecule has 0 unspecified atom stereocenters. The Hall–Kier alpha value is -1.06. The first-order valence-electron chi connectivity index (χ1n) is 5.28. The molecule has 17 heavy (non-hydrogen) atoms. The van der Waals surface area contributed by atoms with E-state index >= 15 is 0 Å². The highest BCUT2D eigenvalue weighted by Gasteiger charge is 2.19. The van der Waals surface area contributed by atoms with Crippen LogP contribution in [-0.4, -0.2) is 30.2 Å². The molecular formula is C12H13Cl2NO2. The number of amides is 1. The molecular weight excluding hydrogens is 261 g/mol. The maximum absolute atomic E-state index is 12.1. The van der Waals surface area contributed by atoms with E-state index in [0.29, 0.717) is 24.4 Å². The first-order chi connectivity index (χ1) is 8.04. The van der Waals surface area contributed by atoms with Gasteiger partial charge in [0.25, 0.3) is 5.91 Å². The minimum Gasteiger partial charge on any atom is -0.339 e. The Labute approximate surface area is 110 Å². The summed E-state index contributed by atoms with van der Waals surface area (Å²) in [6.07, 6.45) is 0.579. The van der Waals surface area contributed by atoms with Crippen LogP contribution in [0.5, 0.6) is 0 Å². The second-order valence-corrected chi connectivity index (χ2v) is 4.29. The van der Waals surface area contributed by atoms with E-state index < -0.39 is 0 Å². The van der Waals surface area contributed by atoms with Gasteiger partial charge in [0.15, 0.2) is 6.29 Å².